The second kappa shape index (κ2) is 5.54. The first kappa shape index (κ1) is 13.6. The Labute approximate surface area is 133 Å². The highest BCUT2D eigenvalue weighted by Crippen LogP contribution is 2.25. The Morgan fingerprint density at radius 1 is 1.00 bits per heavy atom. The molecule has 3 aromatic rings. The molecule has 0 unspecified atom stereocenters. The van der Waals surface area contributed by atoms with Gasteiger partial charge in [0.2, 0.25) is 0 Å². The SMILES string of the molecule is O=C(Cn1ccc2c(Br)cccc21)c1ccc(Br)cc1. The minimum Gasteiger partial charge on any atom is -0.340 e. The van der Waals surface area contributed by atoms with E-state index in [0.717, 1.165) is 25.4 Å². The molecule has 0 aliphatic carbocycles. The maximum atomic E-state index is 12.3. The van der Waals surface area contributed by atoms with Crippen LogP contribution in [0.15, 0.2) is 63.7 Å². The molecular formula is C16H11Br2NO. The second-order valence-corrected chi connectivity index (χ2v) is 6.32. The number of halogens is 2. The number of hydrogen-bond acceptors (Lipinski definition) is 1. The van der Waals surface area contributed by atoms with Crippen LogP contribution in [0.5, 0.6) is 0 Å². The number of nitrogens with zero attached hydrogens (tertiary/aromatic N) is 1. The van der Waals surface area contributed by atoms with E-state index in [1.165, 1.54) is 0 Å². The summed E-state index contributed by atoms with van der Waals surface area (Å²) < 4.78 is 4.00. The third kappa shape index (κ3) is 2.58. The van der Waals surface area contributed by atoms with E-state index < -0.39 is 0 Å². The van der Waals surface area contributed by atoms with Crippen LogP contribution >= 0.6 is 31.9 Å². The molecule has 0 fully saturated rings. The van der Waals surface area contributed by atoms with Crippen LogP contribution < -0.4 is 0 Å². The van der Waals surface area contributed by atoms with Gasteiger partial charge in [0.25, 0.3) is 0 Å². The zero-order valence-electron chi connectivity index (χ0n) is 10.5. The molecule has 0 aliphatic heterocycles. The number of carbonyl (C=O) groups is 1. The highest BCUT2D eigenvalue weighted by atomic mass is 79.9. The zero-order valence-corrected chi connectivity index (χ0v) is 13.7. The molecule has 2 nitrogen and oxygen atoms in total. The van der Waals surface area contributed by atoms with Gasteiger partial charge in [0.1, 0.15) is 0 Å². The van der Waals surface area contributed by atoms with Crippen LogP contribution in [0.4, 0.5) is 0 Å². The molecule has 0 atom stereocenters. The maximum absolute atomic E-state index is 12.3. The summed E-state index contributed by atoms with van der Waals surface area (Å²) in [6.07, 6.45) is 1.95. The van der Waals surface area contributed by atoms with Crippen LogP contribution in [-0.2, 0) is 6.54 Å². The predicted molar refractivity (Wildman–Crippen MR) is 88.1 cm³/mol. The minimum atomic E-state index is 0.106. The predicted octanol–water partition coefficient (Wildman–Crippen LogP) is 5.05. The fraction of sp³-hybridized carbons (Fsp3) is 0.0625. The number of carbonyl (C=O) groups excluding carboxylic acids is 1. The fourth-order valence-electron chi connectivity index (χ4n) is 2.21. The van der Waals surface area contributed by atoms with Crippen molar-refractivity contribution in [2.75, 3.05) is 0 Å². The Morgan fingerprint density at radius 2 is 1.75 bits per heavy atom. The first-order chi connectivity index (χ1) is 9.65. The number of hydrogen-bond donors (Lipinski definition) is 0. The van der Waals surface area contributed by atoms with E-state index in [4.69, 9.17) is 0 Å². The molecule has 100 valence electrons. The molecule has 20 heavy (non-hydrogen) atoms. The largest absolute Gasteiger partial charge is 0.340 e. The smallest absolute Gasteiger partial charge is 0.182 e. The minimum absolute atomic E-state index is 0.106. The van der Waals surface area contributed by atoms with Crippen LogP contribution in [-0.4, -0.2) is 10.4 Å². The summed E-state index contributed by atoms with van der Waals surface area (Å²) in [5.41, 5.74) is 1.79. The first-order valence-corrected chi connectivity index (χ1v) is 7.76. The van der Waals surface area contributed by atoms with Crippen LogP contribution in [0.1, 0.15) is 10.4 Å². The fourth-order valence-corrected chi connectivity index (χ4v) is 2.96. The monoisotopic (exact) mass is 391 g/mol. The summed E-state index contributed by atoms with van der Waals surface area (Å²) in [6, 6.07) is 15.5. The molecule has 0 N–H and O–H groups in total. The van der Waals surface area contributed by atoms with Gasteiger partial charge in [0.05, 0.1) is 6.54 Å². The molecule has 0 aliphatic rings. The van der Waals surface area contributed by atoms with E-state index in [0.29, 0.717) is 6.54 Å². The number of ketones is 1. The van der Waals surface area contributed by atoms with Crippen LogP contribution in [0, 0.1) is 0 Å². The lowest BCUT2D eigenvalue weighted by atomic mass is 10.1. The van der Waals surface area contributed by atoms with E-state index >= 15 is 0 Å². The number of aromatic nitrogens is 1. The lowest BCUT2D eigenvalue weighted by Crippen LogP contribution is -2.09. The average Bonchev–Trinajstić information content (AvgIpc) is 2.84. The van der Waals surface area contributed by atoms with E-state index in [2.05, 4.69) is 31.9 Å². The molecule has 3 rings (SSSR count). The van der Waals surface area contributed by atoms with Gasteiger partial charge in [-0.25, -0.2) is 0 Å². The molecule has 0 radical (unpaired) electrons. The van der Waals surface area contributed by atoms with Crippen molar-refractivity contribution in [3.05, 3.63) is 69.2 Å². The van der Waals surface area contributed by atoms with Crippen LogP contribution in [0.25, 0.3) is 10.9 Å². The van der Waals surface area contributed by atoms with Crippen LogP contribution in [0.2, 0.25) is 0 Å². The second-order valence-electron chi connectivity index (χ2n) is 4.55. The molecule has 0 saturated heterocycles. The number of benzene rings is 2. The Balaban J connectivity index is 1.91. The standard InChI is InChI=1S/C16H11Br2NO/c17-12-6-4-11(5-7-12)16(20)10-19-9-8-13-14(18)2-1-3-15(13)19/h1-9H,10H2. The molecule has 1 heterocycles. The zero-order chi connectivity index (χ0) is 14.1. The first-order valence-electron chi connectivity index (χ1n) is 6.17. The molecule has 1 aromatic heterocycles. The third-order valence-electron chi connectivity index (χ3n) is 3.24. The van der Waals surface area contributed by atoms with Crippen molar-refractivity contribution in [3.8, 4) is 0 Å². The summed E-state index contributed by atoms with van der Waals surface area (Å²) in [5.74, 6) is 0.106. The summed E-state index contributed by atoms with van der Waals surface area (Å²) >= 11 is 6.90. The van der Waals surface area contributed by atoms with Crippen molar-refractivity contribution in [1.29, 1.82) is 0 Å². The topological polar surface area (TPSA) is 22.0 Å². The van der Waals surface area contributed by atoms with Gasteiger partial charge in [-0.05, 0) is 30.3 Å². The van der Waals surface area contributed by atoms with Gasteiger partial charge in [-0.15, -0.1) is 0 Å². The van der Waals surface area contributed by atoms with E-state index in [1.54, 1.807) is 0 Å². The Hall–Kier alpha value is -1.39. The van der Waals surface area contributed by atoms with Gasteiger partial charge in [-0.2, -0.15) is 0 Å². The van der Waals surface area contributed by atoms with Crippen molar-refractivity contribution < 1.29 is 4.79 Å². The van der Waals surface area contributed by atoms with Gasteiger partial charge in [0.15, 0.2) is 5.78 Å². The van der Waals surface area contributed by atoms with E-state index in [-0.39, 0.29) is 5.78 Å². The number of rotatable bonds is 3. The van der Waals surface area contributed by atoms with Crippen molar-refractivity contribution in [1.82, 2.24) is 4.57 Å². The van der Waals surface area contributed by atoms with Gasteiger partial charge < -0.3 is 4.57 Å². The molecule has 2 aromatic carbocycles. The number of fused-ring (bicyclic) bond motifs is 1. The van der Waals surface area contributed by atoms with E-state index in [1.807, 2.05) is 59.3 Å². The highest BCUT2D eigenvalue weighted by molar-refractivity contribution is 9.11. The molecule has 0 amide bonds. The quantitative estimate of drug-likeness (QED) is 0.571. The lowest BCUT2D eigenvalue weighted by molar-refractivity contribution is 0.0973. The van der Waals surface area contributed by atoms with Gasteiger partial charge in [0, 0.05) is 31.6 Å². The summed E-state index contributed by atoms with van der Waals surface area (Å²) in [6.45, 7) is 0.349. The normalized spacial score (nSPS) is 10.9. The maximum Gasteiger partial charge on any atom is 0.182 e. The summed E-state index contributed by atoms with van der Waals surface area (Å²) in [5, 5.41) is 1.12. The van der Waals surface area contributed by atoms with Gasteiger partial charge in [-0.3, -0.25) is 4.79 Å². The molecule has 0 bridgehead atoms. The average molecular weight is 393 g/mol. The molecule has 0 spiro atoms. The summed E-state index contributed by atoms with van der Waals surface area (Å²) in [7, 11) is 0. The van der Waals surface area contributed by atoms with Crippen molar-refractivity contribution in [2.24, 2.45) is 0 Å². The Bertz CT molecular complexity index is 775. The third-order valence-corrected chi connectivity index (χ3v) is 4.46. The lowest BCUT2D eigenvalue weighted by Gasteiger charge is -2.05. The summed E-state index contributed by atoms with van der Waals surface area (Å²) in [4.78, 5) is 12.3. The van der Waals surface area contributed by atoms with Gasteiger partial charge >= 0.3 is 0 Å². The Morgan fingerprint density at radius 3 is 2.50 bits per heavy atom. The van der Waals surface area contributed by atoms with E-state index in [9.17, 15) is 4.79 Å². The molecular weight excluding hydrogens is 382 g/mol. The van der Waals surface area contributed by atoms with Gasteiger partial charge in [-0.1, -0.05) is 50.1 Å². The van der Waals surface area contributed by atoms with Crippen molar-refractivity contribution in [2.45, 2.75) is 6.54 Å². The van der Waals surface area contributed by atoms with Crippen LogP contribution in [0.3, 0.4) is 0 Å². The Kier molecular flexibility index (Phi) is 3.76. The van der Waals surface area contributed by atoms with Crippen molar-refractivity contribution in [3.63, 3.8) is 0 Å². The molecule has 4 heteroatoms. The number of Topliss-reactive ketones (excluding diaryl/α,β-unsaturated/α-hetero) is 1. The highest BCUT2D eigenvalue weighted by Gasteiger charge is 2.09. The molecule has 0 saturated carbocycles. The van der Waals surface area contributed by atoms with Crippen molar-refractivity contribution >= 4 is 48.5 Å².